The fourth-order valence-corrected chi connectivity index (χ4v) is 10.2. The Morgan fingerprint density at radius 3 is 1.30 bits per heavy atom. The predicted octanol–water partition coefficient (Wildman–Crippen LogP) is 16.7. The van der Waals surface area contributed by atoms with Crippen LogP contribution in [0.25, 0.3) is 132 Å². The Labute approximate surface area is 381 Å². The number of hydrogen-bond acceptors (Lipinski definition) is 3. The highest BCUT2D eigenvalue weighted by atomic mass is 14.9. The van der Waals surface area contributed by atoms with Crippen molar-refractivity contribution in [1.29, 1.82) is 5.26 Å². The summed E-state index contributed by atoms with van der Waals surface area (Å²) in [5, 5.41) is 24.7. The third kappa shape index (κ3) is 6.20. The van der Waals surface area contributed by atoms with Gasteiger partial charge in [0.2, 0.25) is 0 Å². The van der Waals surface area contributed by atoms with Crippen molar-refractivity contribution in [1.82, 2.24) is 9.97 Å². The van der Waals surface area contributed by atoms with Crippen molar-refractivity contribution in [2.24, 2.45) is 0 Å². The lowest BCUT2D eigenvalue weighted by atomic mass is 9.86. The average molecular weight is 836 g/mol. The number of hydrogen-bond donors (Lipinski definition) is 0. The molecule has 13 aromatic rings. The summed E-state index contributed by atoms with van der Waals surface area (Å²) in [5.41, 5.74) is 12.0. The second-order valence-electron chi connectivity index (χ2n) is 17.2. The molecule has 0 atom stereocenters. The highest BCUT2D eigenvalue weighted by molar-refractivity contribution is 6.37. The molecule has 0 N–H and O–H groups in total. The second-order valence-corrected chi connectivity index (χ2v) is 17.2. The Hall–Kier alpha value is -8.97. The van der Waals surface area contributed by atoms with Crippen LogP contribution in [0, 0.1) is 11.3 Å². The Morgan fingerprint density at radius 2 is 0.712 bits per heavy atom. The summed E-state index contributed by atoms with van der Waals surface area (Å²) in [4.78, 5) is 10.2. The molecular weight excluding hydrogens is 799 g/mol. The van der Waals surface area contributed by atoms with Gasteiger partial charge in [-0.05, 0) is 140 Å². The predicted molar refractivity (Wildman–Crippen MR) is 276 cm³/mol. The molecule has 0 radical (unpaired) electrons. The molecule has 0 saturated heterocycles. The molecule has 0 amide bonds. The maximum absolute atomic E-state index is 9.34. The van der Waals surface area contributed by atoms with Crippen molar-refractivity contribution in [3.8, 4) is 73.4 Å². The number of rotatable bonds is 6. The quantitative estimate of drug-likeness (QED) is 0.157. The Kier molecular flexibility index (Phi) is 8.59. The largest absolute Gasteiger partial charge is 0.228 e. The lowest BCUT2D eigenvalue weighted by Crippen LogP contribution is -1.96. The minimum absolute atomic E-state index is 0.641. The maximum Gasteiger partial charge on any atom is 0.160 e. The normalized spacial score (nSPS) is 11.6. The van der Waals surface area contributed by atoms with E-state index in [4.69, 9.17) is 9.97 Å². The van der Waals surface area contributed by atoms with Gasteiger partial charge in [-0.25, -0.2) is 9.97 Å². The van der Waals surface area contributed by atoms with E-state index in [0.29, 0.717) is 11.4 Å². The standard InChI is InChI=1S/C63H37N3/c64-38-39-21-23-40(24-22-39)48-15-5-17-50(34-48)58-37-57(65-63(66-58)46-9-2-1-3-10-46)42-27-25-41(26-28-42)47-14-4-16-49(33-47)52-35-51-32-31-45-12-7-19-54-53-18-6-11-43-29-30-44-13-8-20-55(61(44)59(43)53)56(36-52)62(51)60(45)54/h1-37H. The van der Waals surface area contributed by atoms with E-state index in [0.717, 1.165) is 50.3 Å². The molecule has 0 aliphatic carbocycles. The Balaban J connectivity index is 0.917. The second kappa shape index (κ2) is 15.1. The van der Waals surface area contributed by atoms with E-state index in [1.54, 1.807) is 0 Å². The molecule has 0 spiro atoms. The van der Waals surface area contributed by atoms with E-state index in [9.17, 15) is 5.26 Å². The summed E-state index contributed by atoms with van der Waals surface area (Å²) < 4.78 is 0. The van der Waals surface area contributed by atoms with Crippen LogP contribution in [0.2, 0.25) is 0 Å². The van der Waals surface area contributed by atoms with Crippen molar-refractivity contribution in [3.05, 3.63) is 230 Å². The molecule has 66 heavy (non-hydrogen) atoms. The summed E-state index contributed by atoms with van der Waals surface area (Å²) in [5.74, 6) is 0.672. The van der Waals surface area contributed by atoms with Crippen LogP contribution >= 0.6 is 0 Å². The van der Waals surface area contributed by atoms with Gasteiger partial charge in [-0.3, -0.25) is 0 Å². The number of fused-ring (bicyclic) bond motifs is 2. The summed E-state index contributed by atoms with van der Waals surface area (Å²) in [6.45, 7) is 0. The third-order valence-electron chi connectivity index (χ3n) is 13.4. The summed E-state index contributed by atoms with van der Waals surface area (Å²) in [6.07, 6.45) is 0. The van der Waals surface area contributed by atoms with Gasteiger partial charge in [-0.2, -0.15) is 5.26 Å². The Bertz CT molecular complexity index is 4080. The topological polar surface area (TPSA) is 49.6 Å². The molecule has 3 nitrogen and oxygen atoms in total. The van der Waals surface area contributed by atoms with Crippen LogP contribution in [-0.2, 0) is 0 Å². The van der Waals surface area contributed by atoms with Gasteiger partial charge in [0.05, 0.1) is 23.0 Å². The van der Waals surface area contributed by atoms with Gasteiger partial charge in [0, 0.05) is 16.7 Å². The van der Waals surface area contributed by atoms with Gasteiger partial charge in [0.25, 0.3) is 0 Å². The fourth-order valence-electron chi connectivity index (χ4n) is 10.2. The number of nitrogens with zero attached hydrogens (tertiary/aromatic N) is 3. The molecule has 304 valence electrons. The minimum atomic E-state index is 0.641. The van der Waals surface area contributed by atoms with Crippen molar-refractivity contribution in [3.63, 3.8) is 0 Å². The van der Waals surface area contributed by atoms with E-state index in [-0.39, 0.29) is 0 Å². The van der Waals surface area contributed by atoms with Crippen LogP contribution < -0.4 is 0 Å². The van der Waals surface area contributed by atoms with Crippen molar-refractivity contribution in [2.45, 2.75) is 0 Å². The minimum Gasteiger partial charge on any atom is -0.228 e. The number of nitriles is 1. The molecule has 13 rings (SSSR count). The first-order chi connectivity index (χ1) is 32.6. The molecule has 3 heteroatoms. The zero-order chi connectivity index (χ0) is 43.7. The van der Waals surface area contributed by atoms with Gasteiger partial charge in [0.15, 0.2) is 5.82 Å². The van der Waals surface area contributed by atoms with Gasteiger partial charge in [-0.1, -0.05) is 182 Å². The molecule has 0 saturated carbocycles. The molecule has 0 unspecified atom stereocenters. The van der Waals surface area contributed by atoms with E-state index in [1.807, 2.05) is 42.5 Å². The van der Waals surface area contributed by atoms with E-state index in [1.165, 1.54) is 75.8 Å². The summed E-state index contributed by atoms with van der Waals surface area (Å²) in [7, 11) is 0. The lowest BCUT2D eigenvalue weighted by molar-refractivity contribution is 1.18. The van der Waals surface area contributed by atoms with Crippen LogP contribution in [0.15, 0.2) is 224 Å². The number of benzene rings is 11. The number of aromatic nitrogens is 2. The lowest BCUT2D eigenvalue weighted by Gasteiger charge is -2.17. The van der Waals surface area contributed by atoms with Crippen LogP contribution in [0.4, 0.5) is 0 Å². The molecule has 0 fully saturated rings. The molecule has 1 aromatic heterocycles. The van der Waals surface area contributed by atoms with E-state index in [2.05, 4.69) is 188 Å². The average Bonchev–Trinajstić information content (AvgIpc) is 3.39. The van der Waals surface area contributed by atoms with Crippen LogP contribution in [0.1, 0.15) is 5.56 Å². The molecule has 12 aromatic carbocycles. The van der Waals surface area contributed by atoms with E-state index >= 15 is 0 Å². The maximum atomic E-state index is 9.34. The highest BCUT2D eigenvalue weighted by Gasteiger charge is 2.17. The SMILES string of the molecule is N#Cc1ccc(-c2cccc(-c3cc(-c4ccc(-c5cccc(-c6cc7ccc8cccc9c%10cccc%11ccc%12cccc(c(c6)c7c89)c%12c%11%10)c5)cc4)nc(-c4ccccc4)n3)c2)cc1. The Morgan fingerprint density at radius 1 is 0.273 bits per heavy atom. The smallest absolute Gasteiger partial charge is 0.160 e. The molecule has 1 heterocycles. The fraction of sp³-hybridized carbons (Fsp3) is 0. The highest BCUT2D eigenvalue weighted by Crippen LogP contribution is 2.45. The summed E-state index contributed by atoms with van der Waals surface area (Å²) >= 11 is 0. The van der Waals surface area contributed by atoms with Crippen LogP contribution in [0.5, 0.6) is 0 Å². The van der Waals surface area contributed by atoms with Crippen LogP contribution in [-0.4, -0.2) is 9.97 Å². The molecular formula is C63H37N3. The summed E-state index contributed by atoms with van der Waals surface area (Å²) in [6, 6.07) is 82.5. The molecule has 0 aliphatic rings. The molecule has 0 bridgehead atoms. The van der Waals surface area contributed by atoms with Gasteiger partial charge < -0.3 is 0 Å². The van der Waals surface area contributed by atoms with Crippen molar-refractivity contribution in [2.75, 3.05) is 0 Å². The monoisotopic (exact) mass is 835 g/mol. The zero-order valence-electron chi connectivity index (χ0n) is 35.7. The first-order valence-corrected chi connectivity index (χ1v) is 22.3. The van der Waals surface area contributed by atoms with Gasteiger partial charge in [0.1, 0.15) is 0 Å². The third-order valence-corrected chi connectivity index (χ3v) is 13.4. The van der Waals surface area contributed by atoms with Crippen LogP contribution in [0.3, 0.4) is 0 Å². The zero-order valence-corrected chi connectivity index (χ0v) is 35.7. The van der Waals surface area contributed by atoms with Gasteiger partial charge in [-0.15, -0.1) is 0 Å². The van der Waals surface area contributed by atoms with Gasteiger partial charge >= 0.3 is 0 Å². The van der Waals surface area contributed by atoms with E-state index < -0.39 is 0 Å². The first-order valence-electron chi connectivity index (χ1n) is 22.3. The molecule has 0 aliphatic heterocycles. The first kappa shape index (κ1) is 37.6. The van der Waals surface area contributed by atoms with Crippen molar-refractivity contribution >= 4 is 64.6 Å². The van der Waals surface area contributed by atoms with Crippen molar-refractivity contribution < 1.29 is 0 Å².